The lowest BCUT2D eigenvalue weighted by Crippen LogP contribution is -2.33. The van der Waals surface area contributed by atoms with E-state index in [0.29, 0.717) is 43.9 Å². The summed E-state index contributed by atoms with van der Waals surface area (Å²) in [6, 6.07) is 0. The number of esters is 1. The first-order valence-corrected chi connectivity index (χ1v) is 13.2. The second kappa shape index (κ2) is 18.9. The molecule has 1 aromatic heterocycles. The second-order valence-corrected chi connectivity index (χ2v) is 9.62. The number of nitrogens with zero attached hydrogens (tertiary/aromatic N) is 3. The highest BCUT2D eigenvalue weighted by atomic mass is 16.6. The lowest BCUT2D eigenvalue weighted by molar-refractivity contribution is -0.140. The molecule has 1 heterocycles. The van der Waals surface area contributed by atoms with Gasteiger partial charge in [-0.1, -0.05) is 6.42 Å². The number of rotatable bonds is 19. The SMILES string of the molecule is C#CCCCCNc1nc(NCCCCCNC(=O)OC(C)(C)C)nc(NCCCCCC(=O)OC)n1. The number of anilines is 3. The second-order valence-electron chi connectivity index (χ2n) is 9.62. The van der Waals surface area contributed by atoms with Gasteiger partial charge in [-0.2, -0.15) is 15.0 Å². The average molecular weight is 520 g/mol. The Morgan fingerprint density at radius 3 is 1.76 bits per heavy atom. The van der Waals surface area contributed by atoms with Gasteiger partial charge in [0.2, 0.25) is 17.8 Å². The normalized spacial score (nSPS) is 10.8. The lowest BCUT2D eigenvalue weighted by Gasteiger charge is -2.19. The topological polar surface area (TPSA) is 139 Å². The summed E-state index contributed by atoms with van der Waals surface area (Å²) < 4.78 is 9.89. The third-order valence-corrected chi connectivity index (χ3v) is 5.04. The van der Waals surface area contributed by atoms with Crippen molar-refractivity contribution in [2.24, 2.45) is 0 Å². The quantitative estimate of drug-likeness (QED) is 0.119. The molecule has 0 aliphatic rings. The highest BCUT2D eigenvalue weighted by Gasteiger charge is 2.15. The Labute approximate surface area is 221 Å². The molecular weight excluding hydrogens is 474 g/mol. The summed E-state index contributed by atoms with van der Waals surface area (Å²) in [5.74, 6) is 3.97. The van der Waals surface area contributed by atoms with E-state index in [1.54, 1.807) is 0 Å². The van der Waals surface area contributed by atoms with Gasteiger partial charge in [-0.15, -0.1) is 12.3 Å². The van der Waals surface area contributed by atoms with Gasteiger partial charge < -0.3 is 30.7 Å². The number of unbranched alkanes of at least 4 members (excludes halogenated alkanes) is 6. The fraction of sp³-hybridized carbons (Fsp3) is 0.731. The number of carbonyl (C=O) groups is 2. The van der Waals surface area contributed by atoms with Crippen molar-refractivity contribution >= 4 is 29.9 Å². The maximum atomic E-state index is 11.7. The molecule has 0 saturated carbocycles. The smallest absolute Gasteiger partial charge is 0.407 e. The highest BCUT2D eigenvalue weighted by molar-refractivity contribution is 5.69. The van der Waals surface area contributed by atoms with E-state index in [-0.39, 0.29) is 5.97 Å². The van der Waals surface area contributed by atoms with Crippen LogP contribution in [0.1, 0.15) is 85.0 Å². The number of carbonyl (C=O) groups excluding carboxylic acids is 2. The van der Waals surface area contributed by atoms with Gasteiger partial charge >= 0.3 is 12.1 Å². The summed E-state index contributed by atoms with van der Waals surface area (Å²) in [6.45, 7) is 8.21. The van der Waals surface area contributed by atoms with Crippen LogP contribution in [0, 0.1) is 12.3 Å². The van der Waals surface area contributed by atoms with Gasteiger partial charge in [0.05, 0.1) is 7.11 Å². The molecule has 0 bridgehead atoms. The van der Waals surface area contributed by atoms with Crippen LogP contribution < -0.4 is 21.3 Å². The van der Waals surface area contributed by atoms with Gasteiger partial charge in [-0.05, 0) is 65.7 Å². The third-order valence-electron chi connectivity index (χ3n) is 5.04. The molecule has 0 aliphatic carbocycles. The number of hydrogen-bond acceptors (Lipinski definition) is 10. The Bertz CT molecular complexity index is 837. The summed E-state index contributed by atoms with van der Waals surface area (Å²) in [5, 5.41) is 12.5. The summed E-state index contributed by atoms with van der Waals surface area (Å²) in [4.78, 5) is 36.3. The van der Waals surface area contributed by atoms with Crippen molar-refractivity contribution in [3.05, 3.63) is 0 Å². The Balaban J connectivity index is 2.45. The number of methoxy groups -OCH3 is 1. The standard InChI is InChI=1S/C26H45N7O4/c1-6-7-8-12-17-27-22-31-23(28-18-13-9-11-16-21(34)36-5)33-24(32-22)29-19-14-10-15-20-30-25(35)37-26(2,3)4/h1H,7-20H2,2-5H3,(H,30,35)(H3,27,28,29,31,32,33). The van der Waals surface area contributed by atoms with Crippen molar-refractivity contribution < 1.29 is 19.1 Å². The molecule has 0 radical (unpaired) electrons. The van der Waals surface area contributed by atoms with E-state index >= 15 is 0 Å². The molecule has 1 rings (SSSR count). The van der Waals surface area contributed by atoms with Gasteiger partial charge in [0.25, 0.3) is 0 Å². The molecule has 0 aromatic carbocycles. The first kappa shape index (κ1) is 31.7. The number of alkyl carbamates (subject to hydrolysis) is 1. The Hall–Kier alpha value is -3.29. The molecule has 11 nitrogen and oxygen atoms in total. The van der Waals surface area contributed by atoms with Crippen LogP contribution in [0.2, 0.25) is 0 Å². The van der Waals surface area contributed by atoms with Crippen molar-refractivity contribution in [3.8, 4) is 12.3 Å². The van der Waals surface area contributed by atoms with Crippen molar-refractivity contribution in [3.63, 3.8) is 0 Å². The lowest BCUT2D eigenvalue weighted by atomic mass is 10.2. The van der Waals surface area contributed by atoms with Crippen LogP contribution in [-0.4, -0.2) is 65.9 Å². The molecule has 11 heteroatoms. The van der Waals surface area contributed by atoms with E-state index < -0.39 is 11.7 Å². The van der Waals surface area contributed by atoms with Crippen molar-refractivity contribution in [1.82, 2.24) is 20.3 Å². The molecule has 0 spiro atoms. The number of terminal acetylenes is 1. The van der Waals surface area contributed by atoms with E-state index in [0.717, 1.165) is 64.3 Å². The maximum absolute atomic E-state index is 11.7. The molecule has 37 heavy (non-hydrogen) atoms. The number of aromatic nitrogens is 3. The van der Waals surface area contributed by atoms with Gasteiger partial charge in [0.15, 0.2) is 0 Å². The largest absolute Gasteiger partial charge is 0.469 e. The molecule has 208 valence electrons. The molecule has 1 amide bonds. The van der Waals surface area contributed by atoms with Gasteiger partial charge in [0, 0.05) is 39.0 Å². The monoisotopic (exact) mass is 519 g/mol. The first-order chi connectivity index (χ1) is 17.7. The molecule has 0 fully saturated rings. The van der Waals surface area contributed by atoms with E-state index in [1.165, 1.54) is 7.11 Å². The fourth-order valence-electron chi connectivity index (χ4n) is 3.17. The molecule has 0 saturated heterocycles. The Morgan fingerprint density at radius 1 is 0.784 bits per heavy atom. The number of hydrogen-bond donors (Lipinski definition) is 4. The van der Waals surface area contributed by atoms with Crippen LogP contribution in [0.25, 0.3) is 0 Å². The molecule has 0 atom stereocenters. The summed E-state index contributed by atoms with van der Waals surface area (Å²) in [5.41, 5.74) is -0.494. The van der Waals surface area contributed by atoms with Crippen LogP contribution in [-0.2, 0) is 14.3 Å². The van der Waals surface area contributed by atoms with E-state index in [4.69, 9.17) is 11.2 Å². The fourth-order valence-corrected chi connectivity index (χ4v) is 3.17. The first-order valence-electron chi connectivity index (χ1n) is 13.2. The zero-order valence-electron chi connectivity index (χ0n) is 23.0. The summed E-state index contributed by atoms with van der Waals surface area (Å²) >= 11 is 0. The molecular formula is C26H45N7O4. The van der Waals surface area contributed by atoms with Gasteiger partial charge in [-0.3, -0.25) is 4.79 Å². The van der Waals surface area contributed by atoms with Crippen LogP contribution >= 0.6 is 0 Å². The summed E-state index contributed by atoms with van der Waals surface area (Å²) in [6.07, 6.45) is 13.2. The van der Waals surface area contributed by atoms with Crippen molar-refractivity contribution in [2.45, 2.75) is 90.6 Å². The number of nitrogens with one attached hydrogen (secondary N) is 4. The van der Waals surface area contributed by atoms with Crippen LogP contribution in [0.4, 0.5) is 22.6 Å². The minimum atomic E-state index is -0.494. The van der Waals surface area contributed by atoms with E-state index in [1.807, 2.05) is 20.8 Å². The molecule has 0 aliphatic heterocycles. The minimum Gasteiger partial charge on any atom is -0.469 e. The van der Waals surface area contributed by atoms with Crippen LogP contribution in [0.5, 0.6) is 0 Å². The Kier molecular flexibility index (Phi) is 16.2. The van der Waals surface area contributed by atoms with Crippen LogP contribution in [0.3, 0.4) is 0 Å². The predicted octanol–water partition coefficient (Wildman–Crippen LogP) is 4.34. The van der Waals surface area contributed by atoms with E-state index in [9.17, 15) is 9.59 Å². The molecule has 4 N–H and O–H groups in total. The van der Waals surface area contributed by atoms with Gasteiger partial charge in [-0.25, -0.2) is 4.79 Å². The summed E-state index contributed by atoms with van der Waals surface area (Å²) in [7, 11) is 1.40. The number of ether oxygens (including phenoxy) is 2. The van der Waals surface area contributed by atoms with Gasteiger partial charge in [0.1, 0.15) is 5.60 Å². The zero-order valence-corrected chi connectivity index (χ0v) is 23.0. The average Bonchev–Trinajstić information content (AvgIpc) is 2.84. The zero-order chi connectivity index (χ0) is 27.4. The molecule has 0 unspecified atom stereocenters. The predicted molar refractivity (Wildman–Crippen MR) is 147 cm³/mol. The Morgan fingerprint density at radius 2 is 1.27 bits per heavy atom. The highest BCUT2D eigenvalue weighted by Crippen LogP contribution is 2.11. The third kappa shape index (κ3) is 17.7. The van der Waals surface area contributed by atoms with E-state index in [2.05, 4.69) is 46.9 Å². The maximum Gasteiger partial charge on any atom is 0.407 e. The molecule has 1 aromatic rings. The minimum absolute atomic E-state index is 0.182. The van der Waals surface area contributed by atoms with Crippen LogP contribution in [0.15, 0.2) is 0 Å². The van der Waals surface area contributed by atoms with Crippen molar-refractivity contribution in [1.29, 1.82) is 0 Å². The van der Waals surface area contributed by atoms with Crippen molar-refractivity contribution in [2.75, 3.05) is 49.2 Å². The number of amides is 1.